The summed E-state index contributed by atoms with van der Waals surface area (Å²) in [5.74, 6) is 0. The molecular weight excluding hydrogens is 441 g/mol. The molecule has 0 saturated carbocycles. The highest BCUT2D eigenvalue weighted by molar-refractivity contribution is 6.43. The molecule has 1 fully saturated rings. The molecule has 0 aliphatic carbocycles. The van der Waals surface area contributed by atoms with Crippen LogP contribution in [-0.2, 0) is 6.54 Å². The van der Waals surface area contributed by atoms with Gasteiger partial charge < -0.3 is 4.90 Å². The standard InChI is InChI=1S/C22H24Cl3N5/c23-18-7-2-1-6-17(18)20-16-30(27-26-20)11-4-3-10-28-12-14-29(15-13-28)21-9-5-8-19(24)22(21)25/h1-2,5-9,16H,3-4,10-15H2. The smallest absolute Gasteiger partial charge is 0.114 e. The molecule has 0 amide bonds. The van der Waals surface area contributed by atoms with Crippen molar-refractivity contribution in [2.24, 2.45) is 0 Å². The number of nitrogens with zero attached hydrogens (tertiary/aromatic N) is 5. The Labute approximate surface area is 192 Å². The van der Waals surface area contributed by atoms with Gasteiger partial charge in [-0.15, -0.1) is 5.10 Å². The van der Waals surface area contributed by atoms with Gasteiger partial charge in [-0.1, -0.05) is 64.3 Å². The van der Waals surface area contributed by atoms with Gasteiger partial charge in [0.2, 0.25) is 0 Å². The van der Waals surface area contributed by atoms with Crippen LogP contribution in [0.1, 0.15) is 12.8 Å². The van der Waals surface area contributed by atoms with Crippen LogP contribution in [0.25, 0.3) is 11.3 Å². The van der Waals surface area contributed by atoms with E-state index in [1.54, 1.807) is 0 Å². The molecule has 4 rings (SSSR count). The van der Waals surface area contributed by atoms with Crippen LogP contribution in [-0.4, -0.2) is 52.6 Å². The molecule has 8 heteroatoms. The Morgan fingerprint density at radius 3 is 2.33 bits per heavy atom. The molecule has 0 radical (unpaired) electrons. The van der Waals surface area contributed by atoms with Crippen molar-refractivity contribution in [3.63, 3.8) is 0 Å². The molecule has 30 heavy (non-hydrogen) atoms. The van der Waals surface area contributed by atoms with Gasteiger partial charge in [0.1, 0.15) is 5.69 Å². The van der Waals surface area contributed by atoms with E-state index >= 15 is 0 Å². The van der Waals surface area contributed by atoms with E-state index in [0.717, 1.165) is 69.1 Å². The number of benzene rings is 2. The first-order valence-corrected chi connectivity index (χ1v) is 11.3. The average Bonchev–Trinajstić information content (AvgIpc) is 3.23. The Bertz CT molecular complexity index is 982. The van der Waals surface area contributed by atoms with Gasteiger partial charge in [-0.25, -0.2) is 0 Å². The first kappa shape index (κ1) is 21.4. The van der Waals surface area contributed by atoms with Crippen molar-refractivity contribution in [2.75, 3.05) is 37.6 Å². The molecule has 3 aromatic rings. The Balaban J connectivity index is 1.20. The van der Waals surface area contributed by atoms with E-state index in [-0.39, 0.29) is 0 Å². The zero-order chi connectivity index (χ0) is 20.9. The topological polar surface area (TPSA) is 37.2 Å². The zero-order valence-electron chi connectivity index (χ0n) is 16.6. The van der Waals surface area contributed by atoms with Gasteiger partial charge in [-0.3, -0.25) is 9.58 Å². The second-order valence-electron chi connectivity index (χ2n) is 7.46. The third-order valence-corrected chi connectivity index (χ3v) is 6.58. The summed E-state index contributed by atoms with van der Waals surface area (Å²) in [4.78, 5) is 4.82. The van der Waals surface area contributed by atoms with Crippen molar-refractivity contribution in [2.45, 2.75) is 19.4 Å². The maximum absolute atomic E-state index is 6.37. The maximum Gasteiger partial charge on any atom is 0.114 e. The lowest BCUT2D eigenvalue weighted by Gasteiger charge is -2.36. The predicted octanol–water partition coefficient (Wildman–Crippen LogP) is 5.51. The number of hydrogen-bond acceptors (Lipinski definition) is 4. The molecule has 0 spiro atoms. The normalized spacial score (nSPS) is 15.0. The van der Waals surface area contributed by atoms with Gasteiger partial charge in [0.05, 0.1) is 27.0 Å². The first-order chi connectivity index (χ1) is 14.6. The number of unbranched alkanes of at least 4 members (excludes halogenated alkanes) is 1. The summed E-state index contributed by atoms with van der Waals surface area (Å²) < 4.78 is 1.90. The lowest BCUT2D eigenvalue weighted by atomic mass is 10.2. The van der Waals surface area contributed by atoms with Gasteiger partial charge in [-0.05, 0) is 37.6 Å². The molecule has 0 atom stereocenters. The van der Waals surface area contributed by atoms with Crippen molar-refractivity contribution in [1.29, 1.82) is 0 Å². The van der Waals surface area contributed by atoms with Gasteiger partial charge in [0.25, 0.3) is 0 Å². The van der Waals surface area contributed by atoms with Crippen LogP contribution in [0.4, 0.5) is 5.69 Å². The van der Waals surface area contributed by atoms with Crippen molar-refractivity contribution >= 4 is 40.5 Å². The van der Waals surface area contributed by atoms with E-state index in [0.29, 0.717) is 15.1 Å². The van der Waals surface area contributed by atoms with E-state index in [9.17, 15) is 0 Å². The average molecular weight is 465 g/mol. The van der Waals surface area contributed by atoms with Crippen molar-refractivity contribution in [3.05, 3.63) is 63.7 Å². The fourth-order valence-corrected chi connectivity index (χ4v) is 4.41. The van der Waals surface area contributed by atoms with Gasteiger partial charge in [0.15, 0.2) is 0 Å². The molecule has 2 aromatic carbocycles. The minimum absolute atomic E-state index is 0.613. The molecule has 1 aliphatic heterocycles. The molecule has 0 N–H and O–H groups in total. The summed E-state index contributed by atoms with van der Waals surface area (Å²) in [5.41, 5.74) is 2.77. The molecular formula is C22H24Cl3N5. The summed E-state index contributed by atoms with van der Waals surface area (Å²) in [6.45, 7) is 5.93. The van der Waals surface area contributed by atoms with Crippen molar-refractivity contribution in [3.8, 4) is 11.3 Å². The van der Waals surface area contributed by atoms with Crippen LogP contribution in [0.15, 0.2) is 48.7 Å². The minimum atomic E-state index is 0.613. The monoisotopic (exact) mass is 463 g/mol. The molecule has 0 bridgehead atoms. The molecule has 1 saturated heterocycles. The van der Waals surface area contributed by atoms with Crippen LogP contribution in [0.3, 0.4) is 0 Å². The van der Waals surface area contributed by atoms with E-state index in [4.69, 9.17) is 34.8 Å². The lowest BCUT2D eigenvalue weighted by Crippen LogP contribution is -2.46. The highest BCUT2D eigenvalue weighted by Crippen LogP contribution is 2.33. The SMILES string of the molecule is Clc1ccccc1-c1cn(CCCCN2CCN(c3cccc(Cl)c3Cl)CC2)nn1. The number of halogens is 3. The second kappa shape index (κ2) is 10.0. The van der Waals surface area contributed by atoms with Crippen molar-refractivity contribution in [1.82, 2.24) is 19.9 Å². The van der Waals surface area contributed by atoms with Crippen LogP contribution in [0, 0.1) is 0 Å². The lowest BCUT2D eigenvalue weighted by molar-refractivity contribution is 0.250. The second-order valence-corrected chi connectivity index (χ2v) is 8.65. The number of rotatable bonds is 7. The Hall–Kier alpha value is -1.79. The highest BCUT2D eigenvalue weighted by atomic mass is 35.5. The summed E-state index contributed by atoms with van der Waals surface area (Å²) in [5, 5.41) is 10.5. The quantitative estimate of drug-likeness (QED) is 0.432. The largest absolute Gasteiger partial charge is 0.368 e. The predicted molar refractivity (Wildman–Crippen MR) is 125 cm³/mol. The molecule has 2 heterocycles. The third kappa shape index (κ3) is 5.09. The minimum Gasteiger partial charge on any atom is -0.368 e. The number of anilines is 1. The van der Waals surface area contributed by atoms with Gasteiger partial charge in [0, 0.05) is 38.3 Å². The summed E-state index contributed by atoms with van der Waals surface area (Å²) in [6, 6.07) is 13.5. The van der Waals surface area contributed by atoms with Crippen LogP contribution < -0.4 is 4.90 Å². The number of aromatic nitrogens is 3. The van der Waals surface area contributed by atoms with Crippen LogP contribution >= 0.6 is 34.8 Å². The fraction of sp³-hybridized carbons (Fsp3) is 0.364. The molecule has 158 valence electrons. The van der Waals surface area contributed by atoms with Crippen molar-refractivity contribution < 1.29 is 0 Å². The Morgan fingerprint density at radius 2 is 1.53 bits per heavy atom. The highest BCUT2D eigenvalue weighted by Gasteiger charge is 2.19. The molecule has 0 unspecified atom stereocenters. The zero-order valence-corrected chi connectivity index (χ0v) is 18.9. The van der Waals surface area contributed by atoms with Crippen LogP contribution in [0.2, 0.25) is 15.1 Å². The number of piperazine rings is 1. The number of hydrogen-bond donors (Lipinski definition) is 0. The van der Waals surface area contributed by atoms with Gasteiger partial charge >= 0.3 is 0 Å². The summed E-state index contributed by atoms with van der Waals surface area (Å²) >= 11 is 18.8. The first-order valence-electron chi connectivity index (χ1n) is 10.2. The van der Waals surface area contributed by atoms with E-state index in [1.165, 1.54) is 0 Å². The van der Waals surface area contributed by atoms with Gasteiger partial charge in [-0.2, -0.15) is 0 Å². The maximum atomic E-state index is 6.37. The number of aryl methyl sites for hydroxylation is 1. The molecule has 5 nitrogen and oxygen atoms in total. The third-order valence-electron chi connectivity index (χ3n) is 5.44. The Kier molecular flexibility index (Phi) is 7.16. The summed E-state index contributed by atoms with van der Waals surface area (Å²) in [6.07, 6.45) is 4.15. The Morgan fingerprint density at radius 1 is 0.800 bits per heavy atom. The molecule has 1 aromatic heterocycles. The van der Waals surface area contributed by atoms with Crippen LogP contribution in [0.5, 0.6) is 0 Å². The van der Waals surface area contributed by atoms with E-state index < -0.39 is 0 Å². The summed E-state index contributed by atoms with van der Waals surface area (Å²) in [7, 11) is 0. The fourth-order valence-electron chi connectivity index (χ4n) is 3.76. The van der Waals surface area contributed by atoms with E-state index in [1.807, 2.05) is 53.3 Å². The van der Waals surface area contributed by atoms with E-state index in [2.05, 4.69) is 20.1 Å². The molecule has 1 aliphatic rings.